The average Bonchev–Trinajstić information content (AvgIpc) is 2.28. The Bertz CT molecular complexity index is 188. The first-order chi connectivity index (χ1) is 7.90. The van der Waals surface area contributed by atoms with Crippen LogP contribution in [0.15, 0.2) is 0 Å². The molecule has 3 N–H and O–H groups in total. The van der Waals surface area contributed by atoms with Crippen LogP contribution < -0.4 is 11.1 Å². The lowest BCUT2D eigenvalue weighted by Gasteiger charge is -2.31. The van der Waals surface area contributed by atoms with Crippen LogP contribution in [0.4, 0.5) is 0 Å². The van der Waals surface area contributed by atoms with Crippen molar-refractivity contribution in [2.45, 2.75) is 44.6 Å². The van der Waals surface area contributed by atoms with Gasteiger partial charge in [0.05, 0.1) is 0 Å². The quantitative estimate of drug-likeness (QED) is 0.722. The van der Waals surface area contributed by atoms with Crippen molar-refractivity contribution in [3.8, 4) is 0 Å². The predicted molar refractivity (Wildman–Crippen MR) is 66.3 cm³/mol. The first-order valence-corrected chi connectivity index (χ1v) is 6.91. The topological polar surface area (TPSA) is 47.3 Å². The number of hydrogen-bond donors (Lipinski definition) is 2. The van der Waals surface area contributed by atoms with Crippen molar-refractivity contribution >= 4 is 0 Å². The van der Waals surface area contributed by atoms with Gasteiger partial charge in [-0.15, -0.1) is 0 Å². The molecule has 1 aliphatic carbocycles. The van der Waals surface area contributed by atoms with Crippen molar-refractivity contribution in [3.63, 3.8) is 0 Å². The molecule has 0 amide bonds. The largest absolute Gasteiger partial charge is 0.381 e. The molecule has 0 spiro atoms. The van der Waals surface area contributed by atoms with E-state index >= 15 is 0 Å². The van der Waals surface area contributed by atoms with Gasteiger partial charge < -0.3 is 15.8 Å². The minimum Gasteiger partial charge on any atom is -0.381 e. The molecule has 94 valence electrons. The Morgan fingerprint density at radius 1 is 1.19 bits per heavy atom. The van der Waals surface area contributed by atoms with Gasteiger partial charge in [0.25, 0.3) is 0 Å². The second-order valence-corrected chi connectivity index (χ2v) is 5.33. The molecule has 1 atom stereocenters. The van der Waals surface area contributed by atoms with Gasteiger partial charge in [-0.2, -0.15) is 0 Å². The number of ether oxygens (including phenoxy) is 1. The molecule has 2 aliphatic rings. The van der Waals surface area contributed by atoms with Gasteiger partial charge in [-0.3, -0.25) is 0 Å². The summed E-state index contributed by atoms with van der Waals surface area (Å²) in [5.74, 6) is 1.74. The molecule has 16 heavy (non-hydrogen) atoms. The second-order valence-electron chi connectivity index (χ2n) is 5.33. The van der Waals surface area contributed by atoms with E-state index in [4.69, 9.17) is 10.5 Å². The van der Waals surface area contributed by atoms with Crippen LogP contribution in [0.2, 0.25) is 0 Å². The maximum absolute atomic E-state index is 5.86. The van der Waals surface area contributed by atoms with Gasteiger partial charge in [0.15, 0.2) is 0 Å². The molecule has 1 heterocycles. The van der Waals surface area contributed by atoms with E-state index in [0.717, 1.165) is 38.1 Å². The molecule has 0 radical (unpaired) electrons. The van der Waals surface area contributed by atoms with E-state index in [1.807, 2.05) is 0 Å². The van der Waals surface area contributed by atoms with E-state index < -0.39 is 0 Å². The first kappa shape index (κ1) is 12.3. The third kappa shape index (κ3) is 3.44. The molecular weight excluding hydrogens is 200 g/mol. The summed E-state index contributed by atoms with van der Waals surface area (Å²) in [6.07, 6.45) is 8.06. The Hall–Kier alpha value is -0.120. The molecule has 1 saturated carbocycles. The van der Waals surface area contributed by atoms with E-state index in [-0.39, 0.29) is 0 Å². The van der Waals surface area contributed by atoms with Gasteiger partial charge in [-0.1, -0.05) is 19.3 Å². The number of nitrogens with two attached hydrogens (primary N) is 1. The molecule has 0 bridgehead atoms. The first-order valence-electron chi connectivity index (χ1n) is 6.91. The Morgan fingerprint density at radius 3 is 2.50 bits per heavy atom. The zero-order valence-electron chi connectivity index (χ0n) is 10.3. The van der Waals surface area contributed by atoms with E-state index in [0.29, 0.717) is 6.04 Å². The Morgan fingerprint density at radius 2 is 1.94 bits per heavy atom. The van der Waals surface area contributed by atoms with Crippen molar-refractivity contribution < 1.29 is 4.74 Å². The molecule has 1 unspecified atom stereocenters. The standard InChI is InChI=1S/C13H26N2O/c14-10-13(12-5-8-16-9-6-12)15-7-4-11-2-1-3-11/h11-13,15H,1-10,14H2. The van der Waals surface area contributed by atoms with E-state index in [9.17, 15) is 0 Å². The zero-order chi connectivity index (χ0) is 11.2. The fourth-order valence-electron chi connectivity index (χ4n) is 2.81. The molecule has 1 saturated heterocycles. The highest BCUT2D eigenvalue weighted by Crippen LogP contribution is 2.29. The SMILES string of the molecule is NCC(NCCC1CCC1)C1CCOCC1. The Kier molecular flexibility index (Phi) is 5.07. The summed E-state index contributed by atoms with van der Waals surface area (Å²) in [6, 6.07) is 0.518. The summed E-state index contributed by atoms with van der Waals surface area (Å²) < 4.78 is 5.40. The summed E-state index contributed by atoms with van der Waals surface area (Å²) in [5, 5.41) is 3.66. The number of hydrogen-bond acceptors (Lipinski definition) is 3. The highest BCUT2D eigenvalue weighted by atomic mass is 16.5. The highest BCUT2D eigenvalue weighted by molar-refractivity contribution is 4.80. The lowest BCUT2D eigenvalue weighted by molar-refractivity contribution is 0.0544. The molecule has 3 heteroatoms. The molecular formula is C13H26N2O. The van der Waals surface area contributed by atoms with Crippen LogP contribution in [0.25, 0.3) is 0 Å². The fraction of sp³-hybridized carbons (Fsp3) is 1.00. The van der Waals surface area contributed by atoms with Crippen molar-refractivity contribution in [2.75, 3.05) is 26.3 Å². The van der Waals surface area contributed by atoms with Gasteiger partial charge in [0.2, 0.25) is 0 Å². The monoisotopic (exact) mass is 226 g/mol. The normalized spacial score (nSPS) is 25.3. The lowest BCUT2D eigenvalue weighted by Crippen LogP contribution is -2.45. The maximum atomic E-state index is 5.86. The highest BCUT2D eigenvalue weighted by Gasteiger charge is 2.23. The summed E-state index contributed by atoms with van der Waals surface area (Å²) in [4.78, 5) is 0. The van der Waals surface area contributed by atoms with Crippen LogP contribution in [0.5, 0.6) is 0 Å². The van der Waals surface area contributed by atoms with Crippen molar-refractivity contribution in [1.29, 1.82) is 0 Å². The van der Waals surface area contributed by atoms with Crippen molar-refractivity contribution in [2.24, 2.45) is 17.6 Å². The summed E-state index contributed by atoms with van der Waals surface area (Å²) >= 11 is 0. The van der Waals surface area contributed by atoms with E-state index in [1.54, 1.807) is 0 Å². The van der Waals surface area contributed by atoms with Crippen LogP contribution in [0.1, 0.15) is 38.5 Å². The van der Waals surface area contributed by atoms with Crippen molar-refractivity contribution in [3.05, 3.63) is 0 Å². The van der Waals surface area contributed by atoms with Crippen LogP contribution in [0.3, 0.4) is 0 Å². The van der Waals surface area contributed by atoms with Crippen LogP contribution >= 0.6 is 0 Å². The van der Waals surface area contributed by atoms with Gasteiger partial charge in [0.1, 0.15) is 0 Å². The molecule has 2 rings (SSSR count). The lowest BCUT2D eigenvalue weighted by atomic mass is 9.83. The minimum absolute atomic E-state index is 0.518. The van der Waals surface area contributed by atoms with Crippen LogP contribution in [0, 0.1) is 11.8 Å². The smallest absolute Gasteiger partial charge is 0.0469 e. The minimum atomic E-state index is 0.518. The third-order valence-electron chi connectivity index (χ3n) is 4.27. The van der Waals surface area contributed by atoms with E-state index in [1.165, 1.54) is 38.5 Å². The van der Waals surface area contributed by atoms with Gasteiger partial charge in [0, 0.05) is 25.8 Å². The third-order valence-corrected chi connectivity index (χ3v) is 4.27. The molecule has 2 fully saturated rings. The number of rotatable bonds is 6. The zero-order valence-corrected chi connectivity index (χ0v) is 10.3. The van der Waals surface area contributed by atoms with Crippen LogP contribution in [-0.4, -0.2) is 32.3 Å². The summed E-state index contributed by atoms with van der Waals surface area (Å²) in [7, 11) is 0. The molecule has 3 nitrogen and oxygen atoms in total. The molecule has 0 aromatic rings. The van der Waals surface area contributed by atoms with Gasteiger partial charge in [-0.05, 0) is 37.6 Å². The number of nitrogens with one attached hydrogen (secondary N) is 1. The molecule has 0 aromatic carbocycles. The molecule has 0 aromatic heterocycles. The van der Waals surface area contributed by atoms with Gasteiger partial charge in [-0.25, -0.2) is 0 Å². The van der Waals surface area contributed by atoms with Crippen LogP contribution in [-0.2, 0) is 4.74 Å². The summed E-state index contributed by atoms with van der Waals surface area (Å²) in [6.45, 7) is 3.77. The Balaban J connectivity index is 1.63. The fourth-order valence-corrected chi connectivity index (χ4v) is 2.81. The summed E-state index contributed by atoms with van der Waals surface area (Å²) in [5.41, 5.74) is 5.86. The van der Waals surface area contributed by atoms with E-state index in [2.05, 4.69) is 5.32 Å². The molecule has 1 aliphatic heterocycles. The van der Waals surface area contributed by atoms with Crippen molar-refractivity contribution in [1.82, 2.24) is 5.32 Å². The van der Waals surface area contributed by atoms with Gasteiger partial charge >= 0.3 is 0 Å². The predicted octanol–water partition coefficient (Wildman–Crippen LogP) is 1.52. The average molecular weight is 226 g/mol. The maximum Gasteiger partial charge on any atom is 0.0469 e. The Labute approximate surface area is 99.1 Å². The second kappa shape index (κ2) is 6.58.